The number of hydrogen-bond donors (Lipinski definition) is 0. The molecule has 0 saturated carbocycles. The van der Waals surface area contributed by atoms with Crippen LogP contribution in [0.25, 0.3) is 111 Å². The predicted octanol–water partition coefficient (Wildman–Crippen LogP) is 15.3. The van der Waals surface area contributed by atoms with Crippen LogP contribution in [-0.2, 0) is 5.41 Å². The number of para-hydroxylation sites is 1. The highest BCUT2D eigenvalue weighted by Crippen LogP contribution is 2.54. The maximum absolute atomic E-state index is 6.30. The molecule has 12 rings (SSSR count). The molecule has 0 fully saturated rings. The molecule has 60 heavy (non-hydrogen) atoms. The molecular weight excluding hydrogens is 729 g/mol. The molecule has 0 spiro atoms. The van der Waals surface area contributed by atoms with Gasteiger partial charge in [-0.25, -0.2) is 9.97 Å². The number of hydrogen-bond acceptors (Lipinski definition) is 3. The fourth-order valence-corrected chi connectivity index (χ4v) is 9.92. The van der Waals surface area contributed by atoms with Gasteiger partial charge in [0.2, 0.25) is 0 Å². The lowest BCUT2D eigenvalue weighted by Gasteiger charge is -2.23. The van der Waals surface area contributed by atoms with Gasteiger partial charge in [-0.05, 0) is 84.3 Å². The largest absolute Gasteiger partial charge is 0.456 e. The van der Waals surface area contributed by atoms with Gasteiger partial charge < -0.3 is 4.42 Å². The van der Waals surface area contributed by atoms with Crippen LogP contribution in [0.15, 0.2) is 199 Å². The van der Waals surface area contributed by atoms with E-state index in [1.165, 1.54) is 60.7 Å². The molecule has 0 aliphatic heterocycles. The molecule has 0 radical (unpaired) electrons. The lowest BCUT2D eigenvalue weighted by atomic mass is 9.80. The van der Waals surface area contributed by atoms with E-state index < -0.39 is 0 Å². The van der Waals surface area contributed by atoms with Gasteiger partial charge in [0.05, 0.1) is 11.4 Å². The molecule has 9 aromatic carbocycles. The van der Waals surface area contributed by atoms with Gasteiger partial charge in [0.25, 0.3) is 0 Å². The van der Waals surface area contributed by atoms with Crippen molar-refractivity contribution in [1.82, 2.24) is 9.97 Å². The van der Waals surface area contributed by atoms with E-state index in [9.17, 15) is 0 Å². The quantitative estimate of drug-likeness (QED) is 0.175. The van der Waals surface area contributed by atoms with E-state index in [1.807, 2.05) is 42.5 Å². The number of fused-ring (bicyclic) bond motifs is 9. The lowest BCUT2D eigenvalue weighted by Crippen LogP contribution is -2.15. The first kappa shape index (κ1) is 34.4. The summed E-state index contributed by atoms with van der Waals surface area (Å²) in [7, 11) is 0. The summed E-state index contributed by atoms with van der Waals surface area (Å²) in [6.07, 6.45) is 0. The van der Waals surface area contributed by atoms with E-state index in [2.05, 4.69) is 166 Å². The molecule has 2 heterocycles. The predicted molar refractivity (Wildman–Crippen MR) is 249 cm³/mol. The van der Waals surface area contributed by atoms with Crippen LogP contribution >= 0.6 is 0 Å². The molecule has 0 unspecified atom stereocenters. The average Bonchev–Trinajstić information content (AvgIpc) is 3.81. The van der Waals surface area contributed by atoms with Crippen molar-refractivity contribution in [2.24, 2.45) is 0 Å². The van der Waals surface area contributed by atoms with Crippen LogP contribution in [0.4, 0.5) is 0 Å². The summed E-state index contributed by atoms with van der Waals surface area (Å²) >= 11 is 0. The smallest absolute Gasteiger partial charge is 0.160 e. The first-order valence-electron chi connectivity index (χ1n) is 20.7. The number of aromatic nitrogens is 2. The average molecular weight is 767 g/mol. The molecule has 0 amide bonds. The van der Waals surface area contributed by atoms with E-state index in [0.29, 0.717) is 5.82 Å². The van der Waals surface area contributed by atoms with E-state index in [4.69, 9.17) is 14.4 Å². The Morgan fingerprint density at radius 3 is 1.78 bits per heavy atom. The number of furan rings is 1. The zero-order valence-electron chi connectivity index (χ0n) is 33.3. The van der Waals surface area contributed by atoms with Gasteiger partial charge in [0.1, 0.15) is 11.2 Å². The highest BCUT2D eigenvalue weighted by atomic mass is 16.3. The van der Waals surface area contributed by atoms with Crippen molar-refractivity contribution in [3.05, 3.63) is 205 Å². The molecule has 11 aromatic rings. The first-order chi connectivity index (χ1) is 29.5. The number of rotatable bonds is 5. The van der Waals surface area contributed by atoms with Crippen LogP contribution in [0.1, 0.15) is 25.0 Å². The SMILES string of the molecule is CC1(C)c2cccc(-c3ccc(-c4ccc(-c5cc(-c6cccc7oc8ccccc8c67)nc(-c6ccccc6)n5)c5ccccc45)cc3)c2-c2ccc3ccccc3c21. The fourth-order valence-electron chi connectivity index (χ4n) is 9.92. The minimum absolute atomic E-state index is 0.102. The second-order valence-electron chi connectivity index (χ2n) is 16.5. The summed E-state index contributed by atoms with van der Waals surface area (Å²) in [5.41, 5.74) is 16.7. The topological polar surface area (TPSA) is 38.9 Å². The van der Waals surface area contributed by atoms with Crippen molar-refractivity contribution in [3.8, 4) is 67.3 Å². The fraction of sp³-hybridized carbons (Fsp3) is 0.0526. The zero-order chi connectivity index (χ0) is 40.0. The van der Waals surface area contributed by atoms with Gasteiger partial charge in [-0.15, -0.1) is 0 Å². The van der Waals surface area contributed by atoms with Crippen molar-refractivity contribution in [2.45, 2.75) is 19.3 Å². The highest BCUT2D eigenvalue weighted by Gasteiger charge is 2.38. The standard InChI is InChI=1S/C57H38N2O/c1-57(2)48-23-12-21-40(53(48)47-31-30-35-14-6-7-17-41(35)55(47)57)37-28-26-36(27-29-37)39-32-33-44(43-19-9-8-18-42(39)43)49-34-50(59-56(58-49)38-15-4-3-5-16-38)45-22-13-25-52-54(45)46-20-10-11-24-51(46)60-52/h3-34H,1-2H3. The Morgan fingerprint density at radius 2 is 0.983 bits per heavy atom. The van der Waals surface area contributed by atoms with Gasteiger partial charge in [0, 0.05) is 32.9 Å². The van der Waals surface area contributed by atoms with Crippen molar-refractivity contribution in [3.63, 3.8) is 0 Å². The molecule has 1 aliphatic carbocycles. The Labute approximate surface area is 348 Å². The molecule has 0 N–H and O–H groups in total. The van der Waals surface area contributed by atoms with Crippen molar-refractivity contribution in [2.75, 3.05) is 0 Å². The monoisotopic (exact) mass is 766 g/mol. The van der Waals surface area contributed by atoms with E-state index in [0.717, 1.165) is 55.4 Å². The highest BCUT2D eigenvalue weighted by molar-refractivity contribution is 6.12. The van der Waals surface area contributed by atoms with Gasteiger partial charge in [-0.3, -0.25) is 0 Å². The molecular formula is C57H38N2O. The van der Waals surface area contributed by atoms with E-state index >= 15 is 0 Å². The minimum atomic E-state index is -0.102. The molecule has 0 atom stereocenters. The second kappa shape index (κ2) is 13.2. The molecule has 0 bridgehead atoms. The summed E-state index contributed by atoms with van der Waals surface area (Å²) in [4.78, 5) is 10.5. The van der Waals surface area contributed by atoms with E-state index in [-0.39, 0.29) is 5.41 Å². The van der Waals surface area contributed by atoms with Gasteiger partial charge in [-0.2, -0.15) is 0 Å². The Kier molecular flexibility index (Phi) is 7.58. The molecule has 2 aromatic heterocycles. The summed E-state index contributed by atoms with van der Waals surface area (Å²) in [6.45, 7) is 4.75. The first-order valence-corrected chi connectivity index (χ1v) is 20.7. The van der Waals surface area contributed by atoms with Gasteiger partial charge >= 0.3 is 0 Å². The Bertz CT molecular complexity index is 3500. The van der Waals surface area contributed by atoms with Crippen LogP contribution in [0.2, 0.25) is 0 Å². The third kappa shape index (κ3) is 5.22. The lowest BCUT2D eigenvalue weighted by molar-refractivity contribution is 0.666. The van der Waals surface area contributed by atoms with Crippen LogP contribution in [0, 0.1) is 0 Å². The van der Waals surface area contributed by atoms with Gasteiger partial charge in [0.15, 0.2) is 5.82 Å². The normalized spacial score (nSPS) is 13.0. The van der Waals surface area contributed by atoms with Crippen molar-refractivity contribution in [1.29, 1.82) is 0 Å². The third-order valence-corrected chi connectivity index (χ3v) is 12.7. The molecule has 3 heteroatoms. The molecule has 1 aliphatic rings. The van der Waals surface area contributed by atoms with Crippen LogP contribution in [-0.4, -0.2) is 9.97 Å². The van der Waals surface area contributed by atoms with Gasteiger partial charge in [-0.1, -0.05) is 190 Å². The van der Waals surface area contributed by atoms with Crippen molar-refractivity contribution < 1.29 is 4.42 Å². The Hall–Kier alpha value is -7.62. The summed E-state index contributed by atoms with van der Waals surface area (Å²) in [5, 5.41) is 7.08. The minimum Gasteiger partial charge on any atom is -0.456 e. The van der Waals surface area contributed by atoms with Crippen molar-refractivity contribution >= 4 is 43.5 Å². The number of benzene rings is 9. The molecule has 282 valence electrons. The number of nitrogens with zero attached hydrogens (tertiary/aromatic N) is 2. The summed E-state index contributed by atoms with van der Waals surface area (Å²) in [5.74, 6) is 0.684. The van der Waals surface area contributed by atoms with Crippen LogP contribution in [0.5, 0.6) is 0 Å². The maximum Gasteiger partial charge on any atom is 0.160 e. The van der Waals surface area contributed by atoms with Crippen LogP contribution in [0.3, 0.4) is 0 Å². The van der Waals surface area contributed by atoms with E-state index in [1.54, 1.807) is 0 Å². The Morgan fingerprint density at radius 1 is 0.400 bits per heavy atom. The third-order valence-electron chi connectivity index (χ3n) is 12.7. The van der Waals surface area contributed by atoms with Crippen LogP contribution < -0.4 is 0 Å². The summed E-state index contributed by atoms with van der Waals surface area (Å²) < 4.78 is 6.30. The maximum atomic E-state index is 6.30. The molecule has 0 saturated heterocycles. The zero-order valence-corrected chi connectivity index (χ0v) is 33.3. The Balaban J connectivity index is 0.980. The molecule has 3 nitrogen and oxygen atoms in total. The second-order valence-corrected chi connectivity index (χ2v) is 16.5. The summed E-state index contributed by atoms with van der Waals surface area (Å²) in [6, 6.07) is 69.4.